The number of fused-ring (bicyclic) bond motifs is 1. The number of nitrogens with one attached hydrogen (secondary N) is 1. The number of hydrogen-bond acceptors (Lipinski definition) is 5. The molecule has 1 N–H and O–H groups in total. The van der Waals surface area contributed by atoms with Crippen molar-refractivity contribution >= 4 is 11.8 Å². The minimum Gasteiger partial charge on any atom is -0.483 e. The summed E-state index contributed by atoms with van der Waals surface area (Å²) in [4.78, 5) is 16.5. The number of hydrogen-bond donors (Lipinski definition) is 1. The Hall–Kier alpha value is -2.37. The summed E-state index contributed by atoms with van der Waals surface area (Å²) in [7, 11) is 0. The zero-order chi connectivity index (χ0) is 17.2. The Morgan fingerprint density at radius 2 is 2.12 bits per heavy atom. The van der Waals surface area contributed by atoms with Crippen molar-refractivity contribution in [1.29, 1.82) is 0 Å². The number of rotatable bonds is 4. The molecular formula is C18H23N3O3. The molecule has 0 atom stereocenters. The second kappa shape index (κ2) is 6.63. The second-order valence-electron chi connectivity index (χ2n) is 7.10. The fourth-order valence-electron chi connectivity index (χ4n) is 2.73. The van der Waals surface area contributed by atoms with Gasteiger partial charge in [0.2, 0.25) is 5.88 Å². The van der Waals surface area contributed by atoms with Crippen molar-refractivity contribution in [1.82, 2.24) is 10.1 Å². The van der Waals surface area contributed by atoms with Gasteiger partial charge >= 0.3 is 0 Å². The molecule has 6 heteroatoms. The monoisotopic (exact) mass is 329 g/mol. The van der Waals surface area contributed by atoms with Gasteiger partial charge in [-0.25, -0.2) is 0 Å². The molecular weight excluding hydrogens is 306 g/mol. The largest absolute Gasteiger partial charge is 0.483 e. The Labute approximate surface area is 141 Å². The lowest BCUT2D eigenvalue weighted by atomic mass is 9.92. The summed E-state index contributed by atoms with van der Waals surface area (Å²) in [6.07, 6.45) is 5.97. The maximum absolute atomic E-state index is 12.1. The van der Waals surface area contributed by atoms with Crippen LogP contribution >= 0.6 is 0 Å². The first-order valence-electron chi connectivity index (χ1n) is 8.30. The lowest BCUT2D eigenvalue weighted by Crippen LogP contribution is -2.21. The minimum absolute atomic E-state index is 0.0675. The van der Waals surface area contributed by atoms with Gasteiger partial charge in [0.1, 0.15) is 5.75 Å². The molecule has 0 radical (unpaired) electrons. The highest BCUT2D eigenvalue weighted by Gasteiger charge is 2.20. The van der Waals surface area contributed by atoms with Gasteiger partial charge in [0, 0.05) is 28.9 Å². The number of carbonyl (C=O) groups is 1. The van der Waals surface area contributed by atoms with Crippen LogP contribution in [0.4, 0.5) is 5.88 Å². The molecule has 1 amide bonds. The van der Waals surface area contributed by atoms with Crippen molar-refractivity contribution in [2.45, 2.75) is 51.9 Å². The van der Waals surface area contributed by atoms with Crippen LogP contribution in [0.3, 0.4) is 0 Å². The van der Waals surface area contributed by atoms with E-state index in [9.17, 15) is 4.79 Å². The zero-order valence-electron chi connectivity index (χ0n) is 14.4. The van der Waals surface area contributed by atoms with Crippen molar-refractivity contribution in [2.24, 2.45) is 0 Å². The van der Waals surface area contributed by atoms with E-state index in [0.717, 1.165) is 48.4 Å². The third kappa shape index (κ3) is 3.75. The Morgan fingerprint density at radius 3 is 2.88 bits per heavy atom. The molecule has 0 saturated heterocycles. The molecule has 0 spiro atoms. The number of aromatic nitrogens is 2. The lowest BCUT2D eigenvalue weighted by Gasteiger charge is -2.18. The Morgan fingerprint density at radius 1 is 1.33 bits per heavy atom. The fraction of sp³-hybridized carbons (Fsp3) is 0.500. The van der Waals surface area contributed by atoms with Crippen LogP contribution in [0.15, 0.2) is 22.9 Å². The molecule has 0 bridgehead atoms. The molecule has 0 saturated carbocycles. The van der Waals surface area contributed by atoms with E-state index in [1.807, 2.05) is 26.8 Å². The van der Waals surface area contributed by atoms with Gasteiger partial charge < -0.3 is 9.26 Å². The summed E-state index contributed by atoms with van der Waals surface area (Å²) in [5.41, 5.74) is 2.89. The van der Waals surface area contributed by atoms with E-state index in [-0.39, 0.29) is 17.9 Å². The summed E-state index contributed by atoms with van der Waals surface area (Å²) in [6, 6.07) is 3.57. The van der Waals surface area contributed by atoms with Crippen LogP contribution in [-0.4, -0.2) is 22.7 Å². The van der Waals surface area contributed by atoms with Gasteiger partial charge in [-0.1, -0.05) is 25.9 Å². The third-order valence-electron chi connectivity index (χ3n) is 4.09. The molecule has 0 aromatic carbocycles. The van der Waals surface area contributed by atoms with Gasteiger partial charge in [0.25, 0.3) is 5.91 Å². The average Bonchev–Trinajstić information content (AvgIpc) is 3.01. The Balaban J connectivity index is 1.59. The standard InChI is InChI=1S/C18H23N3O3/c1-18(2,3)15-10-17(24-21-15)20-16(22)11-23-14-8-9-19-13-7-5-4-6-12(13)14/h8-10H,4-7,11H2,1-3H3,(H,20,22). The van der Waals surface area contributed by atoms with Gasteiger partial charge in [0.15, 0.2) is 6.61 Å². The fourth-order valence-corrected chi connectivity index (χ4v) is 2.73. The minimum atomic E-state index is -0.270. The highest BCUT2D eigenvalue weighted by molar-refractivity contribution is 5.90. The van der Waals surface area contributed by atoms with Crippen molar-refractivity contribution in [3.05, 3.63) is 35.3 Å². The number of anilines is 1. The van der Waals surface area contributed by atoms with Gasteiger partial charge in [-0.2, -0.15) is 0 Å². The van der Waals surface area contributed by atoms with Crippen LogP contribution in [0.1, 0.15) is 50.6 Å². The molecule has 2 aromatic heterocycles. The lowest BCUT2D eigenvalue weighted by molar-refractivity contribution is -0.118. The maximum Gasteiger partial charge on any atom is 0.264 e. The summed E-state index contributed by atoms with van der Waals surface area (Å²) < 4.78 is 10.9. The van der Waals surface area contributed by atoms with Crippen molar-refractivity contribution in [2.75, 3.05) is 11.9 Å². The number of pyridine rings is 1. The first-order chi connectivity index (χ1) is 11.4. The topological polar surface area (TPSA) is 77.2 Å². The van der Waals surface area contributed by atoms with Crippen LogP contribution in [0, 0.1) is 0 Å². The summed E-state index contributed by atoms with van der Waals surface area (Å²) >= 11 is 0. The van der Waals surface area contributed by atoms with E-state index in [4.69, 9.17) is 9.26 Å². The van der Waals surface area contributed by atoms with Crippen molar-refractivity contribution < 1.29 is 14.1 Å². The highest BCUT2D eigenvalue weighted by Crippen LogP contribution is 2.28. The number of amides is 1. The van der Waals surface area contributed by atoms with Gasteiger partial charge in [-0.15, -0.1) is 0 Å². The predicted octanol–water partition coefficient (Wildman–Crippen LogP) is 3.26. The normalized spacial score (nSPS) is 14.1. The van der Waals surface area contributed by atoms with Crippen LogP contribution < -0.4 is 10.1 Å². The summed E-state index contributed by atoms with van der Waals surface area (Å²) in [5, 5.41) is 6.65. The molecule has 2 aromatic rings. The predicted molar refractivity (Wildman–Crippen MR) is 90.2 cm³/mol. The van der Waals surface area contributed by atoms with E-state index in [1.165, 1.54) is 0 Å². The first kappa shape index (κ1) is 16.5. The quantitative estimate of drug-likeness (QED) is 0.931. The van der Waals surface area contributed by atoms with E-state index < -0.39 is 0 Å². The van der Waals surface area contributed by atoms with Gasteiger partial charge in [-0.05, 0) is 31.7 Å². The van der Waals surface area contributed by atoms with Crippen LogP contribution in [-0.2, 0) is 23.1 Å². The SMILES string of the molecule is CC(C)(C)c1cc(NC(=O)COc2ccnc3c2CCCC3)on1. The third-order valence-corrected chi connectivity index (χ3v) is 4.09. The van der Waals surface area contributed by atoms with E-state index in [0.29, 0.717) is 5.88 Å². The molecule has 1 aliphatic rings. The first-order valence-corrected chi connectivity index (χ1v) is 8.30. The number of ether oxygens (including phenoxy) is 1. The van der Waals surface area contributed by atoms with E-state index in [2.05, 4.69) is 15.5 Å². The maximum atomic E-state index is 12.1. The molecule has 6 nitrogen and oxygen atoms in total. The molecule has 0 fully saturated rings. The van der Waals surface area contributed by atoms with Crippen LogP contribution in [0.5, 0.6) is 5.75 Å². The van der Waals surface area contributed by atoms with Gasteiger partial charge in [-0.3, -0.25) is 15.1 Å². The van der Waals surface area contributed by atoms with E-state index in [1.54, 1.807) is 12.3 Å². The summed E-state index contributed by atoms with van der Waals surface area (Å²) in [5.74, 6) is 0.820. The smallest absolute Gasteiger partial charge is 0.264 e. The highest BCUT2D eigenvalue weighted by atomic mass is 16.5. The van der Waals surface area contributed by atoms with Crippen molar-refractivity contribution in [3.63, 3.8) is 0 Å². The molecule has 2 heterocycles. The number of carbonyl (C=O) groups excluding carboxylic acids is 1. The van der Waals surface area contributed by atoms with E-state index >= 15 is 0 Å². The molecule has 1 aliphatic carbocycles. The number of nitrogens with zero attached hydrogens (tertiary/aromatic N) is 2. The zero-order valence-corrected chi connectivity index (χ0v) is 14.4. The summed E-state index contributed by atoms with van der Waals surface area (Å²) in [6.45, 7) is 6.03. The second-order valence-corrected chi connectivity index (χ2v) is 7.10. The van der Waals surface area contributed by atoms with Crippen LogP contribution in [0.2, 0.25) is 0 Å². The van der Waals surface area contributed by atoms with Crippen molar-refractivity contribution in [3.8, 4) is 5.75 Å². The average molecular weight is 329 g/mol. The van der Waals surface area contributed by atoms with Gasteiger partial charge in [0.05, 0.1) is 5.69 Å². The molecule has 24 heavy (non-hydrogen) atoms. The Bertz CT molecular complexity index is 731. The number of aryl methyl sites for hydroxylation is 1. The van der Waals surface area contributed by atoms with Crippen LogP contribution in [0.25, 0.3) is 0 Å². The Kier molecular flexibility index (Phi) is 4.55. The molecule has 128 valence electrons. The molecule has 0 unspecified atom stereocenters. The molecule has 0 aliphatic heterocycles. The molecule has 3 rings (SSSR count).